The largest absolute Gasteiger partial charge is 0.491 e. The number of imidazole rings is 1. The second kappa shape index (κ2) is 13.9. The number of amides is 3. The highest BCUT2D eigenvalue weighted by Crippen LogP contribution is 2.38. The second-order valence-corrected chi connectivity index (χ2v) is 12.7. The molecule has 0 saturated carbocycles. The molecule has 4 aromatic carbocycles. The van der Waals surface area contributed by atoms with Crippen molar-refractivity contribution in [3.8, 4) is 5.75 Å². The van der Waals surface area contributed by atoms with E-state index in [1.807, 2.05) is 30.3 Å². The van der Waals surface area contributed by atoms with E-state index >= 15 is 4.39 Å². The third-order valence-corrected chi connectivity index (χ3v) is 9.09. The Kier molecular flexibility index (Phi) is 9.21. The topological polar surface area (TPSA) is 137 Å². The van der Waals surface area contributed by atoms with Crippen LogP contribution in [0.2, 0.25) is 0 Å². The van der Waals surface area contributed by atoms with E-state index in [0.717, 1.165) is 21.7 Å². The van der Waals surface area contributed by atoms with Gasteiger partial charge in [-0.15, -0.1) is 0 Å². The first kappa shape index (κ1) is 33.2. The van der Waals surface area contributed by atoms with Crippen molar-refractivity contribution < 1.29 is 37.1 Å². The molecule has 0 aliphatic carbocycles. The minimum atomic E-state index is -0.776. The van der Waals surface area contributed by atoms with Crippen LogP contribution in [0.1, 0.15) is 34.7 Å². The van der Waals surface area contributed by atoms with Crippen molar-refractivity contribution in [2.24, 2.45) is 7.05 Å². The van der Waals surface area contributed by atoms with Crippen LogP contribution in [0.25, 0.3) is 32.8 Å². The maximum Gasteiger partial charge on any atom is 0.253 e. The lowest BCUT2D eigenvalue weighted by molar-refractivity contribution is -0.134. The number of hydrogen-bond donors (Lipinski definition) is 3. The van der Waals surface area contributed by atoms with E-state index in [1.165, 1.54) is 24.5 Å². The zero-order valence-electron chi connectivity index (χ0n) is 26.6. The van der Waals surface area contributed by atoms with E-state index < -0.39 is 23.5 Å². The van der Waals surface area contributed by atoms with Gasteiger partial charge in [-0.1, -0.05) is 22.0 Å². The molecule has 1 atom stereocenters. The molecule has 1 saturated heterocycles. The highest BCUT2D eigenvalue weighted by Gasteiger charge is 2.31. The highest BCUT2D eigenvalue weighted by atomic mass is 79.9. The number of halogens is 3. The van der Waals surface area contributed by atoms with E-state index in [2.05, 4.69) is 36.9 Å². The molecular formula is C36H30BrF2N5O6. The normalized spacial score (nSPS) is 14.8. The van der Waals surface area contributed by atoms with Crippen LogP contribution < -0.4 is 20.7 Å². The van der Waals surface area contributed by atoms with Crippen LogP contribution in [0.5, 0.6) is 5.75 Å². The van der Waals surface area contributed by atoms with E-state index in [9.17, 15) is 18.8 Å². The van der Waals surface area contributed by atoms with Crippen LogP contribution in [0.3, 0.4) is 0 Å². The van der Waals surface area contributed by atoms with Gasteiger partial charge in [-0.3, -0.25) is 19.7 Å². The van der Waals surface area contributed by atoms with Crippen molar-refractivity contribution in [3.05, 3.63) is 94.4 Å². The number of furan rings is 1. The summed E-state index contributed by atoms with van der Waals surface area (Å²) in [7, 11) is 1.68. The smallest absolute Gasteiger partial charge is 0.253 e. The molecule has 1 aliphatic rings. The van der Waals surface area contributed by atoms with Crippen molar-refractivity contribution in [2.75, 3.05) is 31.7 Å². The van der Waals surface area contributed by atoms with Gasteiger partial charge in [-0.2, -0.15) is 0 Å². The summed E-state index contributed by atoms with van der Waals surface area (Å²) in [5.41, 5.74) is 1.64. The number of carbonyl (C=O) groups is 3. The van der Waals surface area contributed by atoms with E-state index in [1.54, 1.807) is 23.9 Å². The summed E-state index contributed by atoms with van der Waals surface area (Å²) < 4.78 is 49.6. The van der Waals surface area contributed by atoms with Gasteiger partial charge >= 0.3 is 0 Å². The van der Waals surface area contributed by atoms with Gasteiger partial charge in [-0.25, -0.2) is 13.8 Å². The number of benzene rings is 4. The van der Waals surface area contributed by atoms with Gasteiger partial charge in [0.1, 0.15) is 29.3 Å². The van der Waals surface area contributed by atoms with Gasteiger partial charge in [-0.05, 0) is 65.7 Å². The molecule has 2 aromatic heterocycles. The number of anilines is 2. The summed E-state index contributed by atoms with van der Waals surface area (Å²) in [6.45, 7) is 0.765. The Balaban J connectivity index is 0.951. The Hall–Kier alpha value is -5.34. The van der Waals surface area contributed by atoms with Gasteiger partial charge in [0.05, 0.1) is 54.2 Å². The molecule has 6 aromatic rings. The fraction of sp³-hybridized carbons (Fsp3) is 0.222. The molecule has 50 heavy (non-hydrogen) atoms. The third kappa shape index (κ3) is 6.51. The third-order valence-electron chi connectivity index (χ3n) is 8.59. The first-order valence-corrected chi connectivity index (χ1v) is 16.6. The summed E-state index contributed by atoms with van der Waals surface area (Å²) in [5, 5.41) is 10.5. The minimum absolute atomic E-state index is 0.00193. The molecule has 11 nitrogen and oxygen atoms in total. The average molecular weight is 747 g/mol. The lowest BCUT2D eigenvalue weighted by Gasteiger charge is -2.20. The maximum absolute atomic E-state index is 15.6. The Morgan fingerprint density at radius 1 is 1.10 bits per heavy atom. The number of fused-ring (bicyclic) bond motifs is 4. The quantitative estimate of drug-likeness (QED) is 0.0997. The maximum atomic E-state index is 15.6. The Labute approximate surface area is 292 Å². The fourth-order valence-corrected chi connectivity index (χ4v) is 6.44. The van der Waals surface area contributed by atoms with Crippen molar-refractivity contribution in [3.63, 3.8) is 0 Å². The van der Waals surface area contributed by atoms with Crippen LogP contribution in [0, 0.1) is 11.6 Å². The number of aromatic nitrogens is 2. The molecule has 256 valence electrons. The predicted octanol–water partition coefficient (Wildman–Crippen LogP) is 6.60. The SMILES string of the molecule is Cn1cnc2c(F)c(Nc3ccc(Br)cc3F)c(C(=O)NCCOCCOc3ccc4c(ccc5occ(C6CCC(=O)NC6=O)c54)c3)cc21. The summed E-state index contributed by atoms with van der Waals surface area (Å²) in [4.78, 5) is 41.5. The molecule has 3 N–H and O–H groups in total. The minimum Gasteiger partial charge on any atom is -0.491 e. The zero-order chi connectivity index (χ0) is 34.9. The Morgan fingerprint density at radius 2 is 1.96 bits per heavy atom. The molecule has 0 radical (unpaired) electrons. The number of piperidine rings is 1. The molecule has 0 bridgehead atoms. The van der Waals surface area contributed by atoms with Crippen LogP contribution in [-0.2, 0) is 21.4 Å². The first-order valence-electron chi connectivity index (χ1n) is 15.8. The van der Waals surface area contributed by atoms with Gasteiger partial charge in [0, 0.05) is 35.4 Å². The predicted molar refractivity (Wildman–Crippen MR) is 186 cm³/mol. The molecular weight excluding hydrogens is 716 g/mol. The number of aryl methyl sites for hydroxylation is 1. The number of imide groups is 1. The highest BCUT2D eigenvalue weighted by molar-refractivity contribution is 9.10. The molecule has 0 spiro atoms. The second-order valence-electron chi connectivity index (χ2n) is 11.8. The van der Waals surface area contributed by atoms with Crippen molar-refractivity contribution >= 4 is 77.8 Å². The molecule has 1 aliphatic heterocycles. The van der Waals surface area contributed by atoms with Crippen LogP contribution >= 0.6 is 15.9 Å². The van der Waals surface area contributed by atoms with Crippen LogP contribution in [0.4, 0.5) is 20.2 Å². The number of nitrogens with zero attached hydrogens (tertiary/aromatic N) is 2. The van der Waals surface area contributed by atoms with Crippen LogP contribution in [0.15, 0.2) is 76.1 Å². The number of nitrogens with one attached hydrogen (secondary N) is 3. The first-order chi connectivity index (χ1) is 24.2. The lowest BCUT2D eigenvalue weighted by atomic mass is 9.89. The Bertz CT molecular complexity index is 2300. The molecule has 1 fully saturated rings. The van der Waals surface area contributed by atoms with Gasteiger partial charge in [0.2, 0.25) is 11.8 Å². The summed E-state index contributed by atoms with van der Waals surface area (Å²) in [6.07, 6.45) is 3.72. The molecule has 3 amide bonds. The van der Waals surface area contributed by atoms with E-state index in [0.29, 0.717) is 27.7 Å². The van der Waals surface area contributed by atoms with Crippen molar-refractivity contribution in [2.45, 2.75) is 18.8 Å². The summed E-state index contributed by atoms with van der Waals surface area (Å²) in [6, 6.07) is 15.2. The van der Waals surface area contributed by atoms with Crippen molar-refractivity contribution in [1.82, 2.24) is 20.2 Å². The van der Waals surface area contributed by atoms with Crippen molar-refractivity contribution in [1.29, 1.82) is 0 Å². The van der Waals surface area contributed by atoms with E-state index in [-0.39, 0.29) is 67.1 Å². The number of hydrogen-bond acceptors (Lipinski definition) is 8. The molecule has 1 unspecified atom stereocenters. The Morgan fingerprint density at radius 3 is 2.78 bits per heavy atom. The standard InChI is InChI=1S/C36H30BrF2N5O6/c1-44-18-41-34-28(44)16-24(33(32(34)39)42-27-7-3-20(37)15-26(27)38)35(46)40-10-11-48-12-13-49-21-4-5-22-19(14-21)2-8-29-31(22)25(17-50-29)23-6-9-30(45)43-36(23)47/h2-5,7-8,14-18,23,42H,6,9-13H2,1H3,(H,40,46)(H,43,45,47). The molecule has 3 heterocycles. The summed E-state index contributed by atoms with van der Waals surface area (Å²) >= 11 is 3.20. The number of rotatable bonds is 11. The van der Waals surface area contributed by atoms with Crippen LogP contribution in [-0.4, -0.2) is 53.6 Å². The summed E-state index contributed by atoms with van der Waals surface area (Å²) in [5.74, 6) is -2.42. The molecule has 7 rings (SSSR count). The molecule has 14 heteroatoms. The van der Waals surface area contributed by atoms with Gasteiger partial charge < -0.3 is 29.1 Å². The monoisotopic (exact) mass is 745 g/mol. The zero-order valence-corrected chi connectivity index (χ0v) is 28.2. The number of ether oxygens (including phenoxy) is 2. The van der Waals surface area contributed by atoms with Gasteiger partial charge in [0.15, 0.2) is 5.82 Å². The number of carbonyl (C=O) groups excluding carboxylic acids is 3. The van der Waals surface area contributed by atoms with Gasteiger partial charge in [0.25, 0.3) is 5.91 Å². The fourth-order valence-electron chi connectivity index (χ4n) is 6.11. The van der Waals surface area contributed by atoms with E-state index in [4.69, 9.17) is 13.9 Å². The average Bonchev–Trinajstić information content (AvgIpc) is 3.70. The lowest BCUT2D eigenvalue weighted by Crippen LogP contribution is -2.39.